The van der Waals surface area contributed by atoms with Gasteiger partial charge in [0.15, 0.2) is 0 Å². The number of carbonyl (C=O) groups excluding carboxylic acids is 1. The number of primary amides is 1. The summed E-state index contributed by atoms with van der Waals surface area (Å²) in [5.41, 5.74) is 6.64. The number of aliphatic hydroxyl groups is 1. The first-order chi connectivity index (χ1) is 11.5. The average molecular weight is 329 g/mol. The summed E-state index contributed by atoms with van der Waals surface area (Å²) in [4.78, 5) is 23.9. The Labute approximate surface area is 139 Å². The van der Waals surface area contributed by atoms with Crippen molar-refractivity contribution in [3.05, 3.63) is 75.3 Å². The minimum Gasteiger partial charge on any atom is -0.395 e. The van der Waals surface area contributed by atoms with Crippen LogP contribution in [0.15, 0.2) is 48.5 Å². The minimum atomic E-state index is -0.707. The fraction of sp³-hybridized carbons (Fsp3) is 0.235. The Morgan fingerprint density at radius 2 is 1.88 bits per heavy atom. The third kappa shape index (κ3) is 4.61. The molecule has 2 rings (SSSR count). The summed E-state index contributed by atoms with van der Waals surface area (Å²) in [6.07, 6.45) is 0. The van der Waals surface area contributed by atoms with E-state index in [1.807, 2.05) is 35.2 Å². The number of rotatable bonds is 8. The summed E-state index contributed by atoms with van der Waals surface area (Å²) < 4.78 is 0. The molecule has 0 aliphatic carbocycles. The largest absolute Gasteiger partial charge is 0.395 e. The van der Waals surface area contributed by atoms with Crippen LogP contribution in [-0.4, -0.2) is 34.0 Å². The van der Waals surface area contributed by atoms with Crippen molar-refractivity contribution in [2.24, 2.45) is 5.73 Å². The van der Waals surface area contributed by atoms with Gasteiger partial charge in [-0.2, -0.15) is 0 Å². The summed E-state index contributed by atoms with van der Waals surface area (Å²) in [6, 6.07) is 13.8. The van der Waals surface area contributed by atoms with Gasteiger partial charge in [-0.1, -0.05) is 36.4 Å². The Kier molecular flexibility index (Phi) is 6.00. The van der Waals surface area contributed by atoms with Crippen molar-refractivity contribution in [1.82, 2.24) is 4.90 Å². The lowest BCUT2D eigenvalue weighted by molar-refractivity contribution is -0.385. The van der Waals surface area contributed by atoms with Gasteiger partial charge in [-0.05, 0) is 11.6 Å². The van der Waals surface area contributed by atoms with Crippen molar-refractivity contribution in [2.45, 2.75) is 13.1 Å². The van der Waals surface area contributed by atoms with Crippen molar-refractivity contribution >= 4 is 11.6 Å². The number of hydrogen-bond acceptors (Lipinski definition) is 5. The molecule has 126 valence electrons. The van der Waals surface area contributed by atoms with E-state index in [-0.39, 0.29) is 24.4 Å². The van der Waals surface area contributed by atoms with E-state index in [1.165, 1.54) is 18.2 Å². The van der Waals surface area contributed by atoms with E-state index in [9.17, 15) is 20.0 Å². The zero-order chi connectivity index (χ0) is 17.5. The highest BCUT2D eigenvalue weighted by Crippen LogP contribution is 2.22. The molecular weight excluding hydrogens is 310 g/mol. The molecule has 0 spiro atoms. The molecule has 7 heteroatoms. The number of carbonyl (C=O) groups is 1. The first-order valence-electron chi connectivity index (χ1n) is 7.45. The molecule has 0 aliphatic heterocycles. The molecule has 0 bridgehead atoms. The number of aliphatic hydroxyl groups excluding tert-OH is 1. The number of nitro groups is 1. The van der Waals surface area contributed by atoms with Gasteiger partial charge in [0, 0.05) is 36.8 Å². The average Bonchev–Trinajstić information content (AvgIpc) is 2.56. The number of hydrogen-bond donors (Lipinski definition) is 2. The smallest absolute Gasteiger partial charge is 0.274 e. The van der Waals surface area contributed by atoms with Gasteiger partial charge in [-0.25, -0.2) is 0 Å². The van der Waals surface area contributed by atoms with Crippen LogP contribution < -0.4 is 5.73 Å². The highest BCUT2D eigenvalue weighted by atomic mass is 16.6. The van der Waals surface area contributed by atoms with Crippen molar-refractivity contribution in [3.8, 4) is 0 Å². The van der Waals surface area contributed by atoms with E-state index in [0.717, 1.165) is 5.56 Å². The van der Waals surface area contributed by atoms with Crippen LogP contribution in [0.25, 0.3) is 0 Å². The SMILES string of the molecule is NC(=O)c1ccc(CN(CCO)Cc2ccccc2)c([N+](=O)[O-])c1. The third-order valence-electron chi connectivity index (χ3n) is 3.63. The highest BCUT2D eigenvalue weighted by molar-refractivity contribution is 5.93. The molecule has 0 atom stereocenters. The van der Waals surface area contributed by atoms with Crippen LogP contribution >= 0.6 is 0 Å². The summed E-state index contributed by atoms with van der Waals surface area (Å²) in [7, 11) is 0. The maximum Gasteiger partial charge on any atom is 0.274 e. The second-order valence-corrected chi connectivity index (χ2v) is 5.38. The molecule has 1 amide bonds. The van der Waals surface area contributed by atoms with Gasteiger partial charge in [-0.3, -0.25) is 19.8 Å². The molecule has 3 N–H and O–H groups in total. The lowest BCUT2D eigenvalue weighted by Crippen LogP contribution is -2.26. The third-order valence-corrected chi connectivity index (χ3v) is 3.63. The Hall–Kier alpha value is -2.77. The second-order valence-electron chi connectivity index (χ2n) is 5.38. The number of nitro benzene ring substituents is 1. The standard InChI is InChI=1S/C17H19N3O4/c18-17(22)14-6-7-15(16(10-14)20(23)24)12-19(8-9-21)11-13-4-2-1-3-5-13/h1-7,10,21H,8-9,11-12H2,(H2,18,22). The van der Waals surface area contributed by atoms with Crippen molar-refractivity contribution in [1.29, 1.82) is 0 Å². The quantitative estimate of drug-likeness (QED) is 0.566. The Morgan fingerprint density at radius 1 is 1.17 bits per heavy atom. The van der Waals surface area contributed by atoms with Gasteiger partial charge in [0.1, 0.15) is 0 Å². The zero-order valence-corrected chi connectivity index (χ0v) is 13.1. The normalized spacial score (nSPS) is 10.8. The molecule has 0 aromatic heterocycles. The molecule has 24 heavy (non-hydrogen) atoms. The molecule has 0 heterocycles. The number of nitrogens with zero attached hydrogens (tertiary/aromatic N) is 2. The molecular formula is C17H19N3O4. The van der Waals surface area contributed by atoms with Crippen molar-refractivity contribution in [2.75, 3.05) is 13.2 Å². The predicted octanol–water partition coefficient (Wildman–Crippen LogP) is 1.69. The fourth-order valence-electron chi connectivity index (χ4n) is 2.46. The number of amides is 1. The van der Waals surface area contributed by atoms with Gasteiger partial charge in [0.2, 0.25) is 5.91 Å². The lowest BCUT2D eigenvalue weighted by atomic mass is 10.1. The number of nitrogens with two attached hydrogens (primary N) is 1. The van der Waals surface area contributed by atoms with Gasteiger partial charge in [0.25, 0.3) is 5.69 Å². The Bertz CT molecular complexity index is 719. The molecule has 0 saturated carbocycles. The Balaban J connectivity index is 2.25. The molecule has 0 fully saturated rings. The predicted molar refractivity (Wildman–Crippen MR) is 89.3 cm³/mol. The van der Waals surface area contributed by atoms with Crippen LogP contribution in [-0.2, 0) is 13.1 Å². The highest BCUT2D eigenvalue weighted by Gasteiger charge is 2.19. The number of benzene rings is 2. The van der Waals surface area contributed by atoms with Crippen LogP contribution in [0.2, 0.25) is 0 Å². The fourth-order valence-corrected chi connectivity index (χ4v) is 2.46. The van der Waals surface area contributed by atoms with E-state index in [1.54, 1.807) is 0 Å². The monoisotopic (exact) mass is 329 g/mol. The van der Waals surface area contributed by atoms with Crippen LogP contribution in [0.3, 0.4) is 0 Å². The first kappa shape index (κ1) is 17.6. The minimum absolute atomic E-state index is 0.0556. The van der Waals surface area contributed by atoms with Gasteiger partial charge in [-0.15, -0.1) is 0 Å². The van der Waals surface area contributed by atoms with Crippen LogP contribution in [0.4, 0.5) is 5.69 Å². The van der Waals surface area contributed by atoms with Crippen molar-refractivity contribution < 1.29 is 14.8 Å². The van der Waals surface area contributed by atoms with Crippen LogP contribution in [0.1, 0.15) is 21.5 Å². The summed E-state index contributed by atoms with van der Waals surface area (Å²) in [5, 5.41) is 20.5. The van der Waals surface area contributed by atoms with E-state index < -0.39 is 10.8 Å². The molecule has 2 aromatic rings. The molecule has 0 saturated heterocycles. The topological polar surface area (TPSA) is 110 Å². The maximum atomic E-state index is 11.3. The van der Waals surface area contributed by atoms with Crippen LogP contribution in [0, 0.1) is 10.1 Å². The summed E-state index contributed by atoms with van der Waals surface area (Å²) in [6.45, 7) is 1.16. The molecule has 0 unspecified atom stereocenters. The maximum absolute atomic E-state index is 11.3. The molecule has 2 aromatic carbocycles. The zero-order valence-electron chi connectivity index (χ0n) is 13.1. The summed E-state index contributed by atoms with van der Waals surface area (Å²) in [5.74, 6) is -0.707. The van der Waals surface area contributed by atoms with Crippen LogP contribution in [0.5, 0.6) is 0 Å². The lowest BCUT2D eigenvalue weighted by Gasteiger charge is -2.21. The second kappa shape index (κ2) is 8.19. The first-order valence-corrected chi connectivity index (χ1v) is 7.45. The van der Waals surface area contributed by atoms with Crippen molar-refractivity contribution in [3.63, 3.8) is 0 Å². The van der Waals surface area contributed by atoms with E-state index >= 15 is 0 Å². The van der Waals surface area contributed by atoms with E-state index in [2.05, 4.69) is 0 Å². The van der Waals surface area contributed by atoms with Gasteiger partial charge in [0.05, 0.1) is 11.5 Å². The van der Waals surface area contributed by atoms with Gasteiger partial charge >= 0.3 is 0 Å². The molecule has 7 nitrogen and oxygen atoms in total. The molecule has 0 aliphatic rings. The van der Waals surface area contributed by atoms with E-state index in [4.69, 9.17) is 5.73 Å². The Morgan fingerprint density at radius 3 is 2.46 bits per heavy atom. The van der Waals surface area contributed by atoms with E-state index in [0.29, 0.717) is 18.7 Å². The summed E-state index contributed by atoms with van der Waals surface area (Å²) >= 11 is 0. The van der Waals surface area contributed by atoms with Gasteiger partial charge < -0.3 is 10.8 Å². The molecule has 0 radical (unpaired) electrons.